The first-order chi connectivity index (χ1) is 27.7. The number of unbranched alkanes of at least 4 members (excludes halogenated alkanes) is 18. The van der Waals surface area contributed by atoms with E-state index in [-0.39, 0.29) is 6.04 Å². The van der Waals surface area contributed by atoms with Gasteiger partial charge in [-0.2, -0.15) is 0 Å². The lowest BCUT2D eigenvalue weighted by atomic mass is 10.1. The molecule has 0 bridgehead atoms. The highest BCUT2D eigenvalue weighted by Gasteiger charge is 2.17. The van der Waals surface area contributed by atoms with E-state index in [4.69, 9.17) is 9.47 Å². The number of likely N-dealkylation sites (tertiary alicyclic amines) is 1. The van der Waals surface area contributed by atoms with Crippen molar-refractivity contribution in [3.63, 3.8) is 0 Å². The molecular weight excluding hydrogens is 685 g/mol. The van der Waals surface area contributed by atoms with E-state index < -0.39 is 0 Å². The molecule has 1 aliphatic rings. The van der Waals surface area contributed by atoms with Crippen LogP contribution in [0.3, 0.4) is 0 Å². The van der Waals surface area contributed by atoms with Crippen LogP contribution < -0.4 is 0 Å². The summed E-state index contributed by atoms with van der Waals surface area (Å²) in [5.41, 5.74) is 2.83. The predicted molar refractivity (Wildman–Crippen MR) is 247 cm³/mol. The van der Waals surface area contributed by atoms with Gasteiger partial charge >= 0.3 is 0 Å². The van der Waals surface area contributed by atoms with Gasteiger partial charge in [-0.3, -0.25) is 9.80 Å². The van der Waals surface area contributed by atoms with Gasteiger partial charge < -0.3 is 9.47 Å². The molecule has 0 amide bonds. The molecule has 0 aliphatic carbocycles. The van der Waals surface area contributed by atoms with Gasteiger partial charge in [-0.05, 0) is 121 Å². The van der Waals surface area contributed by atoms with Gasteiger partial charge in [0.2, 0.25) is 0 Å². The third-order valence-electron chi connectivity index (χ3n) is 11.3. The lowest BCUT2D eigenvalue weighted by Gasteiger charge is -2.28. The lowest BCUT2D eigenvalue weighted by Crippen LogP contribution is -2.39. The molecule has 56 heavy (non-hydrogen) atoms. The Hall–Kier alpha value is -1.98. The van der Waals surface area contributed by atoms with Crippen LogP contribution in [0, 0.1) is 0 Å². The van der Waals surface area contributed by atoms with E-state index in [0.29, 0.717) is 0 Å². The van der Waals surface area contributed by atoms with Crippen LogP contribution in [0.15, 0.2) is 72.9 Å². The molecule has 320 valence electrons. The van der Waals surface area contributed by atoms with Gasteiger partial charge in [-0.15, -0.1) is 0 Å². The average Bonchev–Trinajstić information content (AvgIpc) is 3.72. The standard InChI is InChI=1S/C52H90N2O2/c1-4-6-8-10-12-14-16-18-20-22-24-26-28-30-32-36-43-55-48-52(53(3)46-50-39-38-40-51(45-50)47-54-41-34-35-42-54)49-56-44-37-33-31-29-27-25-23-21-19-17-15-13-11-9-7-5-2/h12-15,18-21,38-40,45,52H,4-11,16-17,22-37,41-44,46-49H2,1-3H3/b14-12-,15-13+,20-18-,21-19+. The Morgan fingerprint density at radius 1 is 0.554 bits per heavy atom. The summed E-state index contributed by atoms with van der Waals surface area (Å²) in [5, 5.41) is 0. The Kier molecular flexibility index (Phi) is 34.5. The number of hydrogen-bond donors (Lipinski definition) is 0. The minimum absolute atomic E-state index is 0.270. The second-order valence-electron chi connectivity index (χ2n) is 16.7. The highest BCUT2D eigenvalue weighted by molar-refractivity contribution is 5.23. The SMILES string of the molecule is CCCCC/C=C\C/C=C\CCCCCCCCOCC(COCCCCCCCC/C=C/C/C=C/CCCCC)N(C)Cc1cccc(CN2CCCC2)c1. The van der Waals surface area contributed by atoms with Crippen molar-refractivity contribution in [1.82, 2.24) is 9.80 Å². The molecule has 4 nitrogen and oxygen atoms in total. The van der Waals surface area contributed by atoms with E-state index in [1.807, 2.05) is 0 Å². The van der Waals surface area contributed by atoms with Crippen LogP contribution in [0.2, 0.25) is 0 Å². The number of ether oxygens (including phenoxy) is 2. The zero-order chi connectivity index (χ0) is 39.8. The van der Waals surface area contributed by atoms with Gasteiger partial charge in [-0.1, -0.05) is 164 Å². The fourth-order valence-corrected chi connectivity index (χ4v) is 7.57. The lowest BCUT2D eigenvalue weighted by molar-refractivity contribution is 0.00930. The molecule has 1 heterocycles. The van der Waals surface area contributed by atoms with E-state index in [2.05, 4.69) is 104 Å². The zero-order valence-corrected chi connectivity index (χ0v) is 37.3. The molecule has 1 unspecified atom stereocenters. The molecule has 1 fully saturated rings. The number of hydrogen-bond acceptors (Lipinski definition) is 4. The fourth-order valence-electron chi connectivity index (χ4n) is 7.57. The summed E-state index contributed by atoms with van der Waals surface area (Å²) in [7, 11) is 2.26. The third-order valence-corrected chi connectivity index (χ3v) is 11.3. The van der Waals surface area contributed by atoms with Gasteiger partial charge in [-0.25, -0.2) is 0 Å². The van der Waals surface area contributed by atoms with Crippen molar-refractivity contribution in [3.05, 3.63) is 84.0 Å². The highest BCUT2D eigenvalue weighted by Crippen LogP contribution is 2.16. The molecule has 0 spiro atoms. The molecule has 1 aromatic rings. The van der Waals surface area contributed by atoms with Crippen molar-refractivity contribution < 1.29 is 9.47 Å². The van der Waals surface area contributed by atoms with Gasteiger partial charge in [0.25, 0.3) is 0 Å². The average molecular weight is 775 g/mol. The Morgan fingerprint density at radius 2 is 0.982 bits per heavy atom. The van der Waals surface area contributed by atoms with Crippen LogP contribution in [0.1, 0.15) is 192 Å². The van der Waals surface area contributed by atoms with Crippen LogP contribution in [0.4, 0.5) is 0 Å². The number of benzene rings is 1. The molecule has 0 aromatic heterocycles. The van der Waals surface area contributed by atoms with E-state index >= 15 is 0 Å². The number of nitrogens with zero attached hydrogens (tertiary/aromatic N) is 2. The Labute approximate surface area is 348 Å². The van der Waals surface area contributed by atoms with Gasteiger partial charge in [0.15, 0.2) is 0 Å². The molecule has 0 radical (unpaired) electrons. The number of likely N-dealkylation sites (N-methyl/N-ethyl adjacent to an activating group) is 1. The molecule has 1 aromatic carbocycles. The van der Waals surface area contributed by atoms with Crippen LogP contribution in [0.5, 0.6) is 0 Å². The van der Waals surface area contributed by atoms with E-state index in [0.717, 1.165) is 65.2 Å². The number of rotatable bonds is 39. The molecule has 0 saturated carbocycles. The molecule has 1 aliphatic heterocycles. The maximum Gasteiger partial charge on any atom is 0.0644 e. The summed E-state index contributed by atoms with van der Waals surface area (Å²) in [6, 6.07) is 9.52. The maximum absolute atomic E-state index is 6.32. The summed E-state index contributed by atoms with van der Waals surface area (Å²) in [6.45, 7) is 12.2. The summed E-state index contributed by atoms with van der Waals surface area (Å²) >= 11 is 0. The highest BCUT2D eigenvalue weighted by atomic mass is 16.5. The Morgan fingerprint density at radius 3 is 1.46 bits per heavy atom. The molecule has 4 heteroatoms. The summed E-state index contributed by atoms with van der Waals surface area (Å²) < 4.78 is 12.6. The zero-order valence-electron chi connectivity index (χ0n) is 37.3. The van der Waals surface area contributed by atoms with Crippen LogP contribution >= 0.6 is 0 Å². The molecular formula is C52H90N2O2. The minimum Gasteiger partial charge on any atom is -0.380 e. The first kappa shape index (κ1) is 50.2. The first-order valence-electron chi connectivity index (χ1n) is 24.0. The monoisotopic (exact) mass is 775 g/mol. The van der Waals surface area contributed by atoms with Gasteiger partial charge in [0.1, 0.15) is 0 Å². The van der Waals surface area contributed by atoms with Crippen molar-refractivity contribution in [2.75, 3.05) is 46.6 Å². The smallest absolute Gasteiger partial charge is 0.0644 e. The minimum atomic E-state index is 0.270. The molecule has 0 N–H and O–H groups in total. The Balaban J connectivity index is 1.60. The van der Waals surface area contributed by atoms with Crippen molar-refractivity contribution >= 4 is 0 Å². The van der Waals surface area contributed by atoms with Crippen LogP contribution in [0.25, 0.3) is 0 Å². The normalized spacial score (nSPS) is 14.6. The van der Waals surface area contributed by atoms with Crippen molar-refractivity contribution in [3.8, 4) is 0 Å². The van der Waals surface area contributed by atoms with Crippen molar-refractivity contribution in [2.45, 2.75) is 200 Å². The largest absolute Gasteiger partial charge is 0.380 e. The summed E-state index contributed by atoms with van der Waals surface area (Å²) in [6.07, 6.45) is 52.1. The second-order valence-corrected chi connectivity index (χ2v) is 16.7. The van der Waals surface area contributed by atoms with Crippen LogP contribution in [-0.4, -0.2) is 62.4 Å². The van der Waals surface area contributed by atoms with Gasteiger partial charge in [0, 0.05) is 26.3 Å². The molecule has 1 atom stereocenters. The third kappa shape index (κ3) is 30.1. The van der Waals surface area contributed by atoms with Crippen molar-refractivity contribution in [1.29, 1.82) is 0 Å². The van der Waals surface area contributed by atoms with Crippen molar-refractivity contribution in [2.24, 2.45) is 0 Å². The van der Waals surface area contributed by atoms with Crippen LogP contribution in [-0.2, 0) is 22.6 Å². The molecule has 1 saturated heterocycles. The summed E-state index contributed by atoms with van der Waals surface area (Å²) in [5.74, 6) is 0. The van der Waals surface area contributed by atoms with E-state index in [1.54, 1.807) is 0 Å². The van der Waals surface area contributed by atoms with Gasteiger partial charge in [0.05, 0.1) is 19.3 Å². The Bertz CT molecular complexity index is 1050. The maximum atomic E-state index is 6.32. The number of allylic oxidation sites excluding steroid dienone is 8. The fraction of sp³-hybridized carbons (Fsp3) is 0.731. The van der Waals surface area contributed by atoms with E-state index in [1.165, 1.54) is 165 Å². The quantitative estimate of drug-likeness (QED) is 0.0491. The van der Waals surface area contributed by atoms with E-state index in [9.17, 15) is 0 Å². The second kappa shape index (κ2) is 38.5. The predicted octanol–water partition coefficient (Wildman–Crippen LogP) is 14.7. The molecule has 2 rings (SSSR count). The topological polar surface area (TPSA) is 24.9 Å². The first-order valence-corrected chi connectivity index (χ1v) is 24.0. The summed E-state index contributed by atoms with van der Waals surface area (Å²) in [4.78, 5) is 5.06.